The highest BCUT2D eigenvalue weighted by atomic mass is 35.5. The molecule has 3 N–H and O–H groups in total. The first-order valence-corrected chi connectivity index (χ1v) is 7.89. The zero-order valence-electron chi connectivity index (χ0n) is 12.7. The fourth-order valence-electron chi connectivity index (χ4n) is 2.87. The molecule has 0 unspecified atom stereocenters. The Morgan fingerprint density at radius 1 is 1.35 bits per heavy atom. The van der Waals surface area contributed by atoms with E-state index in [-0.39, 0.29) is 6.54 Å². The molecule has 1 aromatic heterocycles. The number of hydrogen-bond donors (Lipinski definition) is 2. The third kappa shape index (κ3) is 3.55. The molecule has 1 aliphatic heterocycles. The standard InChI is InChI=1S/C16H19ClN4O2/c17-12-2-4-14(5-3-12)21-9-6-13(19-21)10-20-8-1-7-16(23,11-20)15(18)22/h2-6,9,23H,1,7-8,10-11H2,(H2,18,22)/t16-/m1/s1. The molecule has 1 aromatic carbocycles. The van der Waals surface area contributed by atoms with Crippen molar-refractivity contribution < 1.29 is 9.90 Å². The number of rotatable bonds is 4. The van der Waals surface area contributed by atoms with E-state index in [9.17, 15) is 9.90 Å². The number of amides is 1. The summed E-state index contributed by atoms with van der Waals surface area (Å²) in [5.41, 5.74) is 5.66. The van der Waals surface area contributed by atoms with Gasteiger partial charge in [-0.25, -0.2) is 4.68 Å². The van der Waals surface area contributed by atoms with E-state index in [1.54, 1.807) is 4.68 Å². The van der Waals surface area contributed by atoms with E-state index in [4.69, 9.17) is 17.3 Å². The van der Waals surface area contributed by atoms with E-state index in [0.717, 1.165) is 24.3 Å². The molecule has 0 bridgehead atoms. The molecule has 23 heavy (non-hydrogen) atoms. The Hall–Kier alpha value is -1.89. The SMILES string of the molecule is NC(=O)[C@@]1(O)CCCN(Cc2ccn(-c3ccc(Cl)cc3)n2)C1. The van der Waals surface area contributed by atoms with Gasteiger partial charge in [-0.3, -0.25) is 9.69 Å². The number of benzene rings is 1. The van der Waals surface area contributed by atoms with Gasteiger partial charge < -0.3 is 10.8 Å². The van der Waals surface area contributed by atoms with Crippen molar-refractivity contribution in [1.29, 1.82) is 0 Å². The predicted octanol–water partition coefficient (Wildman–Crippen LogP) is 1.34. The Labute approximate surface area is 139 Å². The number of likely N-dealkylation sites (tertiary alicyclic amines) is 1. The number of primary amides is 1. The average molecular weight is 335 g/mol. The lowest BCUT2D eigenvalue weighted by atomic mass is 9.92. The molecule has 0 radical (unpaired) electrons. The molecule has 2 aromatic rings. The van der Waals surface area contributed by atoms with Crippen LogP contribution in [0.1, 0.15) is 18.5 Å². The van der Waals surface area contributed by atoms with Crippen LogP contribution in [-0.2, 0) is 11.3 Å². The van der Waals surface area contributed by atoms with E-state index >= 15 is 0 Å². The first kappa shape index (κ1) is 16.0. The largest absolute Gasteiger partial charge is 0.379 e. The summed E-state index contributed by atoms with van der Waals surface area (Å²) >= 11 is 5.89. The fourth-order valence-corrected chi connectivity index (χ4v) is 3.00. The van der Waals surface area contributed by atoms with Gasteiger partial charge in [-0.15, -0.1) is 0 Å². The van der Waals surface area contributed by atoms with E-state index in [1.165, 1.54) is 0 Å². The van der Waals surface area contributed by atoms with Gasteiger partial charge in [-0.1, -0.05) is 11.6 Å². The second-order valence-corrected chi connectivity index (χ2v) is 6.37. The number of hydrogen-bond acceptors (Lipinski definition) is 4. The monoisotopic (exact) mass is 334 g/mol. The first-order valence-electron chi connectivity index (χ1n) is 7.51. The van der Waals surface area contributed by atoms with Crippen molar-refractivity contribution in [2.45, 2.75) is 25.0 Å². The number of nitrogens with two attached hydrogens (primary N) is 1. The molecule has 1 saturated heterocycles. The van der Waals surface area contributed by atoms with Crippen LogP contribution in [-0.4, -0.2) is 44.4 Å². The smallest absolute Gasteiger partial charge is 0.250 e. The van der Waals surface area contributed by atoms with E-state index in [1.807, 2.05) is 41.4 Å². The van der Waals surface area contributed by atoms with Crippen LogP contribution in [0, 0.1) is 0 Å². The molecule has 7 heteroatoms. The maximum atomic E-state index is 11.4. The Morgan fingerprint density at radius 2 is 2.09 bits per heavy atom. The summed E-state index contributed by atoms with van der Waals surface area (Å²) in [5, 5.41) is 15.5. The molecule has 0 aliphatic carbocycles. The van der Waals surface area contributed by atoms with Crippen molar-refractivity contribution in [3.63, 3.8) is 0 Å². The maximum Gasteiger partial charge on any atom is 0.250 e. The minimum absolute atomic E-state index is 0.246. The summed E-state index contributed by atoms with van der Waals surface area (Å²) in [5.74, 6) is -0.658. The second-order valence-electron chi connectivity index (χ2n) is 5.94. The van der Waals surface area contributed by atoms with Crippen molar-refractivity contribution in [1.82, 2.24) is 14.7 Å². The predicted molar refractivity (Wildman–Crippen MR) is 87.2 cm³/mol. The molecule has 122 valence electrons. The lowest BCUT2D eigenvalue weighted by Gasteiger charge is -2.36. The minimum atomic E-state index is -1.43. The summed E-state index contributed by atoms with van der Waals surface area (Å²) in [7, 11) is 0. The Balaban J connectivity index is 1.69. The van der Waals surface area contributed by atoms with E-state index in [0.29, 0.717) is 18.0 Å². The van der Waals surface area contributed by atoms with E-state index < -0.39 is 11.5 Å². The van der Waals surface area contributed by atoms with Gasteiger partial charge >= 0.3 is 0 Å². The highest BCUT2D eigenvalue weighted by Gasteiger charge is 2.38. The number of aromatic nitrogens is 2. The van der Waals surface area contributed by atoms with Gasteiger partial charge in [-0.2, -0.15) is 5.10 Å². The van der Waals surface area contributed by atoms with Crippen LogP contribution in [0.3, 0.4) is 0 Å². The Bertz CT molecular complexity index is 700. The summed E-state index contributed by atoms with van der Waals surface area (Å²) in [4.78, 5) is 13.4. The molecule has 1 atom stereocenters. The molecular formula is C16H19ClN4O2. The average Bonchev–Trinajstić information content (AvgIpc) is 2.96. The van der Waals surface area contributed by atoms with Crippen molar-refractivity contribution >= 4 is 17.5 Å². The quantitative estimate of drug-likeness (QED) is 0.883. The van der Waals surface area contributed by atoms with Gasteiger partial charge in [0.1, 0.15) is 0 Å². The van der Waals surface area contributed by atoms with Crippen LogP contribution in [0.2, 0.25) is 5.02 Å². The molecule has 0 saturated carbocycles. The number of carbonyl (C=O) groups excluding carboxylic acids is 1. The van der Waals surface area contributed by atoms with Crippen molar-refractivity contribution in [3.05, 3.63) is 47.2 Å². The molecule has 1 fully saturated rings. The Morgan fingerprint density at radius 3 is 2.78 bits per heavy atom. The zero-order valence-corrected chi connectivity index (χ0v) is 13.4. The molecular weight excluding hydrogens is 316 g/mol. The molecule has 2 heterocycles. The third-order valence-corrected chi connectivity index (χ3v) is 4.38. The van der Waals surface area contributed by atoms with Crippen LogP contribution in [0.15, 0.2) is 36.5 Å². The van der Waals surface area contributed by atoms with E-state index in [2.05, 4.69) is 5.10 Å². The highest BCUT2D eigenvalue weighted by Crippen LogP contribution is 2.22. The number of β-amino-alcohol motifs (C(OH)–C–C–N with tert-alkyl or cyclic N) is 1. The maximum absolute atomic E-state index is 11.4. The normalized spacial score (nSPS) is 22.2. The van der Waals surface area contributed by atoms with Gasteiger partial charge in [0.15, 0.2) is 5.60 Å². The van der Waals surface area contributed by atoms with Gasteiger partial charge in [0, 0.05) is 24.3 Å². The molecule has 0 spiro atoms. The molecule has 3 rings (SSSR count). The van der Waals surface area contributed by atoms with Gasteiger partial charge in [-0.05, 0) is 49.7 Å². The van der Waals surface area contributed by atoms with Crippen molar-refractivity contribution in [2.75, 3.05) is 13.1 Å². The molecule has 1 amide bonds. The molecule has 6 nitrogen and oxygen atoms in total. The van der Waals surface area contributed by atoms with Gasteiger partial charge in [0.2, 0.25) is 0 Å². The van der Waals surface area contributed by atoms with Crippen molar-refractivity contribution in [2.24, 2.45) is 5.73 Å². The lowest BCUT2D eigenvalue weighted by molar-refractivity contribution is -0.142. The van der Waals surface area contributed by atoms with Crippen LogP contribution in [0.4, 0.5) is 0 Å². The zero-order chi connectivity index (χ0) is 16.4. The van der Waals surface area contributed by atoms with Crippen LogP contribution in [0.25, 0.3) is 5.69 Å². The van der Waals surface area contributed by atoms with Crippen molar-refractivity contribution in [3.8, 4) is 5.69 Å². The van der Waals surface area contributed by atoms with Crippen LogP contribution >= 0.6 is 11.6 Å². The van der Waals surface area contributed by atoms with Gasteiger partial charge in [0.25, 0.3) is 5.91 Å². The lowest BCUT2D eigenvalue weighted by Crippen LogP contribution is -2.55. The van der Waals surface area contributed by atoms with Crippen LogP contribution < -0.4 is 5.73 Å². The minimum Gasteiger partial charge on any atom is -0.379 e. The number of halogens is 1. The Kier molecular flexibility index (Phi) is 4.39. The number of carbonyl (C=O) groups is 1. The summed E-state index contributed by atoms with van der Waals surface area (Å²) in [6.07, 6.45) is 3.03. The second kappa shape index (κ2) is 6.31. The third-order valence-electron chi connectivity index (χ3n) is 4.13. The number of nitrogens with zero attached hydrogens (tertiary/aromatic N) is 3. The number of aliphatic hydroxyl groups is 1. The summed E-state index contributed by atoms with van der Waals surface area (Å²) < 4.78 is 1.77. The number of piperidine rings is 1. The van der Waals surface area contributed by atoms with Gasteiger partial charge in [0.05, 0.1) is 11.4 Å². The van der Waals surface area contributed by atoms with Crippen LogP contribution in [0.5, 0.6) is 0 Å². The summed E-state index contributed by atoms with van der Waals surface area (Å²) in [6.45, 7) is 1.62. The first-order chi connectivity index (χ1) is 11.0. The summed E-state index contributed by atoms with van der Waals surface area (Å²) in [6, 6.07) is 9.34. The highest BCUT2D eigenvalue weighted by molar-refractivity contribution is 6.30. The fraction of sp³-hybridized carbons (Fsp3) is 0.375. The topological polar surface area (TPSA) is 84.4 Å². The molecule has 1 aliphatic rings.